The van der Waals surface area contributed by atoms with Gasteiger partial charge in [0.05, 0.1) is 12.3 Å². The van der Waals surface area contributed by atoms with E-state index in [0.717, 1.165) is 42.1 Å². The summed E-state index contributed by atoms with van der Waals surface area (Å²) >= 11 is 0. The van der Waals surface area contributed by atoms with Gasteiger partial charge in [-0.05, 0) is 13.5 Å². The fourth-order valence-electron chi connectivity index (χ4n) is 2.60. The van der Waals surface area contributed by atoms with Crippen LogP contribution >= 0.6 is 0 Å². The topological polar surface area (TPSA) is 50.9 Å². The zero-order valence-corrected chi connectivity index (χ0v) is 13.0. The molecule has 5 heteroatoms. The summed E-state index contributed by atoms with van der Waals surface area (Å²) in [6, 6.07) is 12.0. The average molecular weight is 299 g/mol. The summed E-state index contributed by atoms with van der Waals surface area (Å²) in [5.74, 6) is 0.857. The van der Waals surface area contributed by atoms with Gasteiger partial charge in [-0.25, -0.2) is 0 Å². The van der Waals surface area contributed by atoms with Gasteiger partial charge in [0, 0.05) is 24.6 Å². The molecule has 0 radical (unpaired) electrons. The molecule has 1 unspecified atom stereocenters. The minimum absolute atomic E-state index is 0.150. The van der Waals surface area contributed by atoms with E-state index in [9.17, 15) is 0 Å². The molecule has 0 bridgehead atoms. The van der Waals surface area contributed by atoms with E-state index >= 15 is 0 Å². The molecule has 5 nitrogen and oxygen atoms in total. The van der Waals surface area contributed by atoms with Gasteiger partial charge in [0.2, 0.25) is 0 Å². The molecular formula is C17H21N3O2. The summed E-state index contributed by atoms with van der Waals surface area (Å²) in [7, 11) is 2.05. The third-order valence-corrected chi connectivity index (χ3v) is 3.77. The molecule has 1 atom stereocenters. The molecule has 1 aliphatic rings. The Bertz CT molecular complexity index is 636. The van der Waals surface area contributed by atoms with Gasteiger partial charge in [0.1, 0.15) is 11.8 Å². The van der Waals surface area contributed by atoms with E-state index < -0.39 is 0 Å². The first-order chi connectivity index (χ1) is 10.7. The maximum absolute atomic E-state index is 5.44. The van der Waals surface area contributed by atoms with Crippen LogP contribution in [-0.2, 0) is 11.4 Å². The molecule has 116 valence electrons. The van der Waals surface area contributed by atoms with Crippen LogP contribution in [-0.4, -0.2) is 35.5 Å². The average Bonchev–Trinajstić information content (AvgIpc) is 3.17. The van der Waals surface area contributed by atoms with Gasteiger partial charge in [-0.1, -0.05) is 47.6 Å². The Morgan fingerprint density at radius 2 is 2.09 bits per heavy atom. The Morgan fingerprint density at radius 3 is 2.82 bits per heavy atom. The molecule has 2 heterocycles. The van der Waals surface area contributed by atoms with Crippen LogP contribution in [0.3, 0.4) is 0 Å². The van der Waals surface area contributed by atoms with Crippen molar-refractivity contribution in [3.05, 3.63) is 42.2 Å². The molecular weight excluding hydrogens is 278 g/mol. The Kier molecular flexibility index (Phi) is 4.53. The third kappa shape index (κ3) is 3.54. The zero-order chi connectivity index (χ0) is 15.4. The Morgan fingerprint density at radius 1 is 1.27 bits per heavy atom. The van der Waals surface area contributed by atoms with Crippen LogP contribution in [0.4, 0.5) is 0 Å². The van der Waals surface area contributed by atoms with Crippen LogP contribution in [0.1, 0.15) is 25.5 Å². The Hall–Kier alpha value is -2.14. The Labute approximate surface area is 130 Å². The first-order valence-corrected chi connectivity index (χ1v) is 7.65. The smallest absolute Gasteiger partial charge is 0.151 e. The number of oxime groups is 1. The second kappa shape index (κ2) is 6.75. The normalized spacial score (nSPS) is 17.6. The predicted molar refractivity (Wildman–Crippen MR) is 85.5 cm³/mol. The maximum Gasteiger partial charge on any atom is 0.151 e. The quantitative estimate of drug-likeness (QED) is 0.821. The van der Waals surface area contributed by atoms with Gasteiger partial charge in [-0.2, -0.15) is 0 Å². The van der Waals surface area contributed by atoms with Gasteiger partial charge in [0.15, 0.2) is 5.76 Å². The number of aromatic nitrogens is 1. The van der Waals surface area contributed by atoms with Crippen LogP contribution < -0.4 is 0 Å². The van der Waals surface area contributed by atoms with Crippen molar-refractivity contribution in [2.75, 3.05) is 13.6 Å². The molecule has 0 saturated carbocycles. The first kappa shape index (κ1) is 14.8. The van der Waals surface area contributed by atoms with E-state index in [1.54, 1.807) is 0 Å². The summed E-state index contributed by atoms with van der Waals surface area (Å²) in [5.41, 5.74) is 3.09. The minimum atomic E-state index is 0.150. The monoisotopic (exact) mass is 299 g/mol. The molecule has 1 aromatic carbocycles. The van der Waals surface area contributed by atoms with E-state index in [0.29, 0.717) is 6.54 Å². The fourth-order valence-corrected chi connectivity index (χ4v) is 2.60. The number of nitrogens with zero attached hydrogens (tertiary/aromatic N) is 3. The van der Waals surface area contributed by atoms with Crippen molar-refractivity contribution >= 4 is 5.71 Å². The van der Waals surface area contributed by atoms with Gasteiger partial charge in [-0.15, -0.1) is 0 Å². The summed E-state index contributed by atoms with van der Waals surface area (Å²) in [5, 5.41) is 8.23. The molecule has 3 rings (SSSR count). The minimum Gasteiger partial charge on any atom is -0.391 e. The molecule has 0 fully saturated rings. The molecule has 22 heavy (non-hydrogen) atoms. The number of benzene rings is 1. The second-order valence-electron chi connectivity index (χ2n) is 5.68. The highest BCUT2D eigenvalue weighted by Gasteiger charge is 2.21. The van der Waals surface area contributed by atoms with Crippen molar-refractivity contribution < 1.29 is 9.36 Å². The molecule has 0 amide bonds. The largest absolute Gasteiger partial charge is 0.391 e. The van der Waals surface area contributed by atoms with Crippen molar-refractivity contribution in [1.29, 1.82) is 0 Å². The van der Waals surface area contributed by atoms with Gasteiger partial charge >= 0.3 is 0 Å². The van der Waals surface area contributed by atoms with Crippen LogP contribution in [0.5, 0.6) is 0 Å². The lowest BCUT2D eigenvalue weighted by molar-refractivity contribution is 0.0557. The molecule has 2 aromatic rings. The SMILES string of the molecule is CCC1=NOC(CN(C)Cc2cc(-c3ccccc3)no2)C1. The van der Waals surface area contributed by atoms with Gasteiger partial charge in [0.25, 0.3) is 0 Å². The van der Waals surface area contributed by atoms with Crippen LogP contribution in [0.15, 0.2) is 46.1 Å². The molecule has 0 spiro atoms. The number of hydrogen-bond donors (Lipinski definition) is 0. The molecule has 1 aliphatic heterocycles. The highest BCUT2D eigenvalue weighted by atomic mass is 16.6. The van der Waals surface area contributed by atoms with E-state index in [-0.39, 0.29) is 6.10 Å². The molecule has 1 aromatic heterocycles. The predicted octanol–water partition coefficient (Wildman–Crippen LogP) is 3.33. The lowest BCUT2D eigenvalue weighted by Crippen LogP contribution is -2.28. The summed E-state index contributed by atoms with van der Waals surface area (Å²) < 4.78 is 5.44. The zero-order valence-electron chi connectivity index (χ0n) is 13.0. The van der Waals surface area contributed by atoms with Crippen molar-refractivity contribution in [3.8, 4) is 11.3 Å². The Balaban J connectivity index is 1.54. The standard InChI is InChI=1S/C17H21N3O2/c1-3-14-9-15(21-18-14)11-20(2)12-16-10-17(19-22-16)13-7-5-4-6-8-13/h4-8,10,15H,3,9,11-12H2,1-2H3. The fraction of sp³-hybridized carbons (Fsp3) is 0.412. The van der Waals surface area contributed by atoms with E-state index in [4.69, 9.17) is 9.36 Å². The summed E-state index contributed by atoms with van der Waals surface area (Å²) in [4.78, 5) is 7.61. The van der Waals surface area contributed by atoms with E-state index in [1.165, 1.54) is 0 Å². The van der Waals surface area contributed by atoms with Crippen molar-refractivity contribution in [2.24, 2.45) is 5.16 Å². The molecule has 0 N–H and O–H groups in total. The first-order valence-electron chi connectivity index (χ1n) is 7.65. The lowest BCUT2D eigenvalue weighted by atomic mass is 10.1. The highest BCUT2D eigenvalue weighted by molar-refractivity contribution is 5.85. The van der Waals surface area contributed by atoms with Crippen molar-refractivity contribution in [2.45, 2.75) is 32.4 Å². The van der Waals surface area contributed by atoms with Gasteiger partial charge < -0.3 is 9.36 Å². The maximum atomic E-state index is 5.44. The summed E-state index contributed by atoms with van der Waals surface area (Å²) in [6.07, 6.45) is 2.03. The van der Waals surface area contributed by atoms with Crippen molar-refractivity contribution in [3.63, 3.8) is 0 Å². The van der Waals surface area contributed by atoms with E-state index in [2.05, 4.69) is 29.2 Å². The third-order valence-electron chi connectivity index (χ3n) is 3.77. The second-order valence-corrected chi connectivity index (χ2v) is 5.68. The highest BCUT2D eigenvalue weighted by Crippen LogP contribution is 2.20. The number of hydrogen-bond acceptors (Lipinski definition) is 5. The van der Waals surface area contributed by atoms with E-state index in [1.807, 2.05) is 36.4 Å². The number of rotatable bonds is 6. The number of likely N-dealkylation sites (N-methyl/N-ethyl adjacent to an activating group) is 1. The van der Waals surface area contributed by atoms with Crippen LogP contribution in [0, 0.1) is 0 Å². The van der Waals surface area contributed by atoms with Crippen molar-refractivity contribution in [1.82, 2.24) is 10.1 Å². The van der Waals surface area contributed by atoms with Crippen LogP contribution in [0.2, 0.25) is 0 Å². The van der Waals surface area contributed by atoms with Gasteiger partial charge in [-0.3, -0.25) is 4.90 Å². The van der Waals surface area contributed by atoms with Crippen LogP contribution in [0.25, 0.3) is 11.3 Å². The summed E-state index contributed by atoms with van der Waals surface area (Å²) in [6.45, 7) is 3.64. The molecule has 0 aliphatic carbocycles. The molecule has 0 saturated heterocycles. The lowest BCUT2D eigenvalue weighted by Gasteiger charge is -2.17.